The van der Waals surface area contributed by atoms with Crippen LogP contribution in [0.1, 0.15) is 18.4 Å². The van der Waals surface area contributed by atoms with Gasteiger partial charge in [0.1, 0.15) is 5.75 Å². The van der Waals surface area contributed by atoms with Gasteiger partial charge in [-0.05, 0) is 48.8 Å². The van der Waals surface area contributed by atoms with Crippen molar-refractivity contribution >= 4 is 28.1 Å². The molecule has 3 aromatic rings. The second-order valence-corrected chi connectivity index (χ2v) is 7.95. The Morgan fingerprint density at radius 2 is 1.96 bits per heavy atom. The van der Waals surface area contributed by atoms with Gasteiger partial charge in [0.2, 0.25) is 4.77 Å². The topological polar surface area (TPSA) is 46.1 Å². The highest BCUT2D eigenvalue weighted by molar-refractivity contribution is 9.10. The van der Waals surface area contributed by atoms with Crippen molar-refractivity contribution < 1.29 is 4.74 Å². The lowest BCUT2D eigenvalue weighted by Gasteiger charge is -2.22. The van der Waals surface area contributed by atoms with Gasteiger partial charge in [0.05, 0.1) is 13.8 Å². The Morgan fingerprint density at radius 3 is 2.63 bits per heavy atom. The highest BCUT2D eigenvalue weighted by atomic mass is 79.9. The number of aromatic nitrogens is 3. The Kier molecular flexibility index (Phi) is 5.43. The molecule has 0 saturated heterocycles. The van der Waals surface area contributed by atoms with Crippen molar-refractivity contribution in [2.45, 2.75) is 32.1 Å². The molecule has 1 aliphatic carbocycles. The van der Waals surface area contributed by atoms with Gasteiger partial charge in [0, 0.05) is 22.6 Å². The lowest BCUT2D eigenvalue weighted by atomic mass is 10.2. The molecule has 27 heavy (non-hydrogen) atoms. The van der Waals surface area contributed by atoms with Crippen LogP contribution in [0.25, 0.3) is 11.4 Å². The van der Waals surface area contributed by atoms with Crippen molar-refractivity contribution in [2.75, 3.05) is 7.11 Å². The number of aromatic amines is 1. The number of H-pyrrole nitrogens is 1. The van der Waals surface area contributed by atoms with Crippen molar-refractivity contribution in [3.05, 3.63) is 63.3 Å². The highest BCUT2D eigenvalue weighted by Gasteiger charge is 2.29. The highest BCUT2D eigenvalue weighted by Crippen LogP contribution is 2.30. The first-order valence-corrected chi connectivity index (χ1v) is 10.1. The molecule has 0 spiro atoms. The molecule has 0 unspecified atom stereocenters. The number of nitrogens with one attached hydrogen (secondary N) is 1. The van der Waals surface area contributed by atoms with Gasteiger partial charge in [-0.15, -0.1) is 0 Å². The molecule has 1 N–H and O–H groups in total. The van der Waals surface area contributed by atoms with E-state index in [0.29, 0.717) is 17.5 Å². The fourth-order valence-corrected chi connectivity index (χ4v) is 3.77. The smallest absolute Gasteiger partial charge is 0.217 e. The molecule has 1 heterocycles. The molecular formula is C20H21BrN4OS. The quantitative estimate of drug-likeness (QED) is 0.520. The number of rotatable bonds is 7. The third-order valence-electron chi connectivity index (χ3n) is 4.74. The van der Waals surface area contributed by atoms with Gasteiger partial charge in [-0.3, -0.25) is 10.00 Å². The van der Waals surface area contributed by atoms with Gasteiger partial charge >= 0.3 is 0 Å². The Morgan fingerprint density at radius 1 is 1.22 bits per heavy atom. The fourth-order valence-electron chi connectivity index (χ4n) is 3.11. The zero-order valence-corrected chi connectivity index (χ0v) is 17.5. The van der Waals surface area contributed by atoms with E-state index in [0.717, 1.165) is 28.2 Å². The van der Waals surface area contributed by atoms with Gasteiger partial charge in [-0.25, -0.2) is 4.68 Å². The number of methoxy groups -OCH3 is 1. The van der Waals surface area contributed by atoms with Crippen LogP contribution in [0, 0.1) is 4.77 Å². The maximum Gasteiger partial charge on any atom is 0.217 e. The van der Waals surface area contributed by atoms with Crippen LogP contribution in [-0.4, -0.2) is 32.8 Å². The Labute approximate surface area is 172 Å². The standard InChI is InChI=1S/C20H21BrN4OS/c1-26-16-10-6-14(7-11-16)12-24(15-8-9-15)13-25-20(27)22-19(23-25)17-4-2-3-5-18(17)21/h2-7,10-11,15H,8-9,12-13H2,1H3,(H,22,23,27). The van der Waals surface area contributed by atoms with Crippen molar-refractivity contribution in [1.29, 1.82) is 0 Å². The molecular weight excluding hydrogens is 424 g/mol. The van der Waals surface area contributed by atoms with Gasteiger partial charge in [-0.2, -0.15) is 4.98 Å². The van der Waals surface area contributed by atoms with Crippen molar-refractivity contribution in [1.82, 2.24) is 19.7 Å². The fraction of sp³-hybridized carbons (Fsp3) is 0.300. The minimum absolute atomic E-state index is 0.570. The summed E-state index contributed by atoms with van der Waals surface area (Å²) in [4.78, 5) is 7.00. The summed E-state index contributed by atoms with van der Waals surface area (Å²) in [6, 6.07) is 16.9. The molecule has 140 valence electrons. The van der Waals surface area contributed by atoms with E-state index in [9.17, 15) is 0 Å². The average Bonchev–Trinajstić information content (AvgIpc) is 3.46. The predicted octanol–water partition coefficient (Wildman–Crippen LogP) is 5.00. The molecule has 1 aliphatic rings. The van der Waals surface area contributed by atoms with Gasteiger partial charge in [0.25, 0.3) is 0 Å². The number of benzene rings is 2. The summed E-state index contributed by atoms with van der Waals surface area (Å²) in [5.41, 5.74) is 2.27. The summed E-state index contributed by atoms with van der Waals surface area (Å²) in [7, 11) is 1.69. The summed E-state index contributed by atoms with van der Waals surface area (Å²) in [5.74, 6) is 1.67. The molecule has 1 aromatic heterocycles. The number of hydrogen-bond donors (Lipinski definition) is 1. The molecule has 0 bridgehead atoms. The van der Waals surface area contributed by atoms with Crippen LogP contribution in [-0.2, 0) is 13.2 Å². The molecule has 0 amide bonds. The first kappa shape index (κ1) is 18.4. The largest absolute Gasteiger partial charge is 0.497 e. The molecule has 4 rings (SSSR count). The monoisotopic (exact) mass is 444 g/mol. The minimum atomic E-state index is 0.570. The predicted molar refractivity (Wildman–Crippen MR) is 112 cm³/mol. The van der Waals surface area contributed by atoms with Crippen molar-refractivity contribution in [3.8, 4) is 17.1 Å². The van der Waals surface area contributed by atoms with Crippen LogP contribution < -0.4 is 4.74 Å². The Hall–Kier alpha value is -1.96. The van der Waals surface area contributed by atoms with E-state index < -0.39 is 0 Å². The maximum atomic E-state index is 5.50. The van der Waals surface area contributed by atoms with Crippen LogP contribution >= 0.6 is 28.1 Å². The van der Waals surface area contributed by atoms with E-state index >= 15 is 0 Å². The van der Waals surface area contributed by atoms with Crippen LogP contribution in [0.15, 0.2) is 53.0 Å². The van der Waals surface area contributed by atoms with Crippen LogP contribution in [0.5, 0.6) is 5.75 Å². The molecule has 5 nitrogen and oxygen atoms in total. The van der Waals surface area contributed by atoms with E-state index in [1.165, 1.54) is 18.4 Å². The maximum absolute atomic E-state index is 5.50. The number of nitrogens with zero attached hydrogens (tertiary/aromatic N) is 3. The van der Waals surface area contributed by atoms with Crippen LogP contribution in [0.2, 0.25) is 0 Å². The lowest BCUT2D eigenvalue weighted by Crippen LogP contribution is -2.28. The molecule has 0 atom stereocenters. The summed E-state index contributed by atoms with van der Waals surface area (Å²) >= 11 is 9.08. The normalized spacial score (nSPS) is 13.9. The lowest BCUT2D eigenvalue weighted by molar-refractivity contribution is 0.187. The summed E-state index contributed by atoms with van der Waals surface area (Å²) in [6.45, 7) is 1.58. The van der Waals surface area contributed by atoms with E-state index in [1.54, 1.807) is 7.11 Å². The van der Waals surface area contributed by atoms with E-state index in [-0.39, 0.29) is 0 Å². The van der Waals surface area contributed by atoms with Crippen molar-refractivity contribution in [2.24, 2.45) is 0 Å². The second-order valence-electron chi connectivity index (χ2n) is 6.73. The summed E-state index contributed by atoms with van der Waals surface area (Å²) in [5, 5.41) is 3.37. The zero-order valence-electron chi connectivity index (χ0n) is 15.1. The third kappa shape index (κ3) is 4.31. The van der Waals surface area contributed by atoms with E-state index in [1.807, 2.05) is 41.1 Å². The van der Waals surface area contributed by atoms with Crippen LogP contribution in [0.3, 0.4) is 0 Å². The molecule has 7 heteroatoms. The van der Waals surface area contributed by atoms with Crippen LogP contribution in [0.4, 0.5) is 0 Å². The number of halogens is 1. The average molecular weight is 445 g/mol. The Balaban J connectivity index is 1.54. The summed E-state index contributed by atoms with van der Waals surface area (Å²) < 4.78 is 8.77. The van der Waals surface area contributed by atoms with E-state index in [4.69, 9.17) is 17.0 Å². The van der Waals surface area contributed by atoms with Gasteiger partial charge in [0.15, 0.2) is 5.82 Å². The molecule has 1 fully saturated rings. The minimum Gasteiger partial charge on any atom is -0.497 e. The molecule has 2 aromatic carbocycles. The molecule has 0 radical (unpaired) electrons. The SMILES string of the molecule is COc1ccc(CN(Cn2[nH]c(-c3ccccc3Br)nc2=S)C2CC2)cc1. The zero-order chi connectivity index (χ0) is 18.8. The van der Waals surface area contributed by atoms with Gasteiger partial charge in [-0.1, -0.05) is 46.3 Å². The number of ether oxygens (including phenoxy) is 1. The molecule has 1 saturated carbocycles. The van der Waals surface area contributed by atoms with E-state index in [2.05, 4.69) is 43.0 Å². The second kappa shape index (κ2) is 7.96. The summed E-state index contributed by atoms with van der Waals surface area (Å²) in [6.07, 6.45) is 2.46. The number of hydrogen-bond acceptors (Lipinski definition) is 4. The first-order chi connectivity index (χ1) is 13.1. The Bertz CT molecular complexity index is 978. The van der Waals surface area contributed by atoms with Crippen molar-refractivity contribution in [3.63, 3.8) is 0 Å². The first-order valence-electron chi connectivity index (χ1n) is 8.93. The molecule has 0 aliphatic heterocycles. The van der Waals surface area contributed by atoms with Gasteiger partial charge < -0.3 is 4.74 Å². The third-order valence-corrected chi connectivity index (χ3v) is 5.74.